The third kappa shape index (κ3) is 4.83. The highest BCUT2D eigenvalue weighted by Gasteiger charge is 2.30. The smallest absolute Gasteiger partial charge is 0.220 e. The summed E-state index contributed by atoms with van der Waals surface area (Å²) < 4.78 is 12.3. The molecule has 0 saturated carbocycles. The number of carbonyl (C=O) groups excluding carboxylic acids is 1. The van der Waals surface area contributed by atoms with Crippen molar-refractivity contribution in [1.29, 1.82) is 0 Å². The molecule has 26 heavy (non-hydrogen) atoms. The molecule has 7 heteroatoms. The van der Waals surface area contributed by atoms with Crippen molar-refractivity contribution in [1.82, 2.24) is 20.4 Å². The second-order valence-corrected chi connectivity index (χ2v) is 6.50. The fourth-order valence-corrected chi connectivity index (χ4v) is 3.13. The number of rotatable bonds is 8. The zero-order chi connectivity index (χ0) is 18.4. The first-order valence-corrected chi connectivity index (χ1v) is 8.87. The summed E-state index contributed by atoms with van der Waals surface area (Å²) in [7, 11) is 3.54. The average molecular weight is 358 g/mol. The minimum atomic E-state index is -0.0541. The van der Waals surface area contributed by atoms with Crippen molar-refractivity contribution in [2.45, 2.75) is 31.5 Å². The molecule has 140 valence electrons. The van der Waals surface area contributed by atoms with Crippen LogP contribution < -0.4 is 15.4 Å². The molecule has 1 saturated heterocycles. The Labute approximate surface area is 153 Å². The number of benzene rings is 1. The van der Waals surface area contributed by atoms with E-state index in [1.807, 2.05) is 31.6 Å². The van der Waals surface area contributed by atoms with Gasteiger partial charge in [0.15, 0.2) is 0 Å². The first-order valence-electron chi connectivity index (χ1n) is 8.87. The lowest BCUT2D eigenvalue weighted by molar-refractivity contribution is -0.123. The van der Waals surface area contributed by atoms with Gasteiger partial charge in [0.1, 0.15) is 12.4 Å². The van der Waals surface area contributed by atoms with Gasteiger partial charge in [-0.1, -0.05) is 12.1 Å². The van der Waals surface area contributed by atoms with E-state index in [0.717, 1.165) is 24.3 Å². The molecule has 0 aliphatic carbocycles. The number of aromatic nitrogens is 2. The molecule has 1 amide bonds. The SMILES string of the molecule is COCCOc1ccc(CN[C@@H]2CCC(=O)N[C@H]2c2cnn(C)c2)cc1. The molecule has 2 N–H and O–H groups in total. The second kappa shape index (κ2) is 8.82. The van der Waals surface area contributed by atoms with Gasteiger partial charge in [-0.05, 0) is 24.1 Å². The molecule has 3 rings (SSSR count). The predicted molar refractivity (Wildman–Crippen MR) is 97.8 cm³/mol. The third-order valence-electron chi connectivity index (χ3n) is 4.53. The van der Waals surface area contributed by atoms with Crippen LogP contribution in [-0.4, -0.2) is 42.1 Å². The quantitative estimate of drug-likeness (QED) is 0.700. The van der Waals surface area contributed by atoms with Gasteiger partial charge in [-0.3, -0.25) is 9.48 Å². The van der Waals surface area contributed by atoms with E-state index in [1.165, 1.54) is 5.56 Å². The van der Waals surface area contributed by atoms with Gasteiger partial charge in [0.25, 0.3) is 0 Å². The summed E-state index contributed by atoms with van der Waals surface area (Å²) in [5, 5.41) is 10.9. The van der Waals surface area contributed by atoms with Crippen LogP contribution in [0.5, 0.6) is 5.75 Å². The van der Waals surface area contributed by atoms with E-state index >= 15 is 0 Å². The predicted octanol–water partition coefficient (Wildman–Crippen LogP) is 1.55. The highest BCUT2D eigenvalue weighted by Crippen LogP contribution is 2.24. The lowest BCUT2D eigenvalue weighted by Gasteiger charge is -2.32. The van der Waals surface area contributed by atoms with Crippen LogP contribution in [-0.2, 0) is 23.1 Å². The molecule has 1 aliphatic rings. The zero-order valence-corrected chi connectivity index (χ0v) is 15.3. The van der Waals surface area contributed by atoms with E-state index in [9.17, 15) is 4.79 Å². The van der Waals surface area contributed by atoms with E-state index in [4.69, 9.17) is 9.47 Å². The van der Waals surface area contributed by atoms with Crippen LogP contribution in [0.1, 0.15) is 30.0 Å². The van der Waals surface area contributed by atoms with Gasteiger partial charge in [0.2, 0.25) is 5.91 Å². The second-order valence-electron chi connectivity index (χ2n) is 6.50. The number of aryl methyl sites for hydroxylation is 1. The van der Waals surface area contributed by atoms with Crippen molar-refractivity contribution in [2.75, 3.05) is 20.3 Å². The van der Waals surface area contributed by atoms with Crippen LogP contribution in [0, 0.1) is 0 Å². The topological polar surface area (TPSA) is 77.4 Å². The zero-order valence-electron chi connectivity index (χ0n) is 15.3. The van der Waals surface area contributed by atoms with Crippen LogP contribution >= 0.6 is 0 Å². The number of methoxy groups -OCH3 is 1. The van der Waals surface area contributed by atoms with E-state index in [2.05, 4.69) is 27.9 Å². The Balaban J connectivity index is 1.57. The summed E-state index contributed by atoms with van der Waals surface area (Å²) in [6.45, 7) is 1.85. The number of hydrogen-bond acceptors (Lipinski definition) is 5. The van der Waals surface area contributed by atoms with Gasteiger partial charge in [0.05, 0.1) is 18.8 Å². The normalized spacial score (nSPS) is 20.0. The molecule has 0 bridgehead atoms. The number of amides is 1. The van der Waals surface area contributed by atoms with Crippen molar-refractivity contribution in [2.24, 2.45) is 7.05 Å². The highest BCUT2D eigenvalue weighted by atomic mass is 16.5. The Morgan fingerprint density at radius 3 is 2.81 bits per heavy atom. The number of nitrogens with one attached hydrogen (secondary N) is 2. The monoisotopic (exact) mass is 358 g/mol. The van der Waals surface area contributed by atoms with E-state index in [1.54, 1.807) is 11.8 Å². The molecular formula is C19H26N4O3. The van der Waals surface area contributed by atoms with Gasteiger partial charge in [-0.2, -0.15) is 5.10 Å². The van der Waals surface area contributed by atoms with Gasteiger partial charge >= 0.3 is 0 Å². The van der Waals surface area contributed by atoms with E-state index in [-0.39, 0.29) is 18.0 Å². The molecule has 1 fully saturated rings. The maximum atomic E-state index is 11.8. The summed E-state index contributed by atoms with van der Waals surface area (Å²) in [5.74, 6) is 0.929. The van der Waals surface area contributed by atoms with Crippen LogP contribution in [0.2, 0.25) is 0 Å². The summed E-state index contributed by atoms with van der Waals surface area (Å²) in [6, 6.07) is 8.16. The number of carbonyl (C=O) groups is 1. The first kappa shape index (κ1) is 18.4. The fourth-order valence-electron chi connectivity index (χ4n) is 3.13. The molecule has 7 nitrogen and oxygen atoms in total. The van der Waals surface area contributed by atoms with Crippen LogP contribution in [0.4, 0.5) is 0 Å². The number of piperidine rings is 1. The van der Waals surface area contributed by atoms with Crippen LogP contribution in [0.25, 0.3) is 0 Å². The van der Waals surface area contributed by atoms with Crippen molar-refractivity contribution in [3.8, 4) is 5.75 Å². The molecule has 1 aliphatic heterocycles. The molecule has 2 atom stereocenters. The maximum absolute atomic E-state index is 11.8. The van der Waals surface area contributed by atoms with E-state index in [0.29, 0.717) is 19.6 Å². The lowest BCUT2D eigenvalue weighted by Crippen LogP contribution is -2.48. The minimum absolute atomic E-state index is 0.0541. The number of ether oxygens (including phenoxy) is 2. The van der Waals surface area contributed by atoms with Gasteiger partial charge in [0, 0.05) is 44.9 Å². The molecule has 1 aromatic heterocycles. The molecule has 2 aromatic rings. The maximum Gasteiger partial charge on any atom is 0.220 e. The molecule has 2 heterocycles. The van der Waals surface area contributed by atoms with Gasteiger partial charge in [-0.25, -0.2) is 0 Å². The average Bonchev–Trinajstić information content (AvgIpc) is 3.08. The molecular weight excluding hydrogens is 332 g/mol. The fraction of sp³-hybridized carbons (Fsp3) is 0.474. The van der Waals surface area contributed by atoms with Gasteiger partial charge < -0.3 is 20.1 Å². The van der Waals surface area contributed by atoms with Gasteiger partial charge in [-0.15, -0.1) is 0 Å². The number of hydrogen-bond donors (Lipinski definition) is 2. The Kier molecular flexibility index (Phi) is 6.25. The Bertz CT molecular complexity index is 714. The molecule has 1 aromatic carbocycles. The largest absolute Gasteiger partial charge is 0.491 e. The first-order chi connectivity index (χ1) is 12.7. The summed E-state index contributed by atoms with van der Waals surface area (Å²) in [4.78, 5) is 11.8. The van der Waals surface area contributed by atoms with Crippen molar-refractivity contribution >= 4 is 5.91 Å². The van der Waals surface area contributed by atoms with Crippen molar-refractivity contribution in [3.63, 3.8) is 0 Å². The summed E-state index contributed by atoms with van der Waals surface area (Å²) in [6.07, 6.45) is 5.12. The molecule has 0 unspecified atom stereocenters. The number of nitrogens with zero attached hydrogens (tertiary/aromatic N) is 2. The van der Waals surface area contributed by atoms with Crippen LogP contribution in [0.3, 0.4) is 0 Å². The standard InChI is InChI=1S/C19H26N4O3/c1-23-13-15(12-21-23)19-17(7-8-18(24)22-19)20-11-14-3-5-16(6-4-14)26-10-9-25-2/h3-6,12-13,17,19-20H,7-11H2,1-2H3,(H,22,24)/t17-,19+/m1/s1. The van der Waals surface area contributed by atoms with Crippen molar-refractivity contribution in [3.05, 3.63) is 47.8 Å². The lowest BCUT2D eigenvalue weighted by atomic mass is 9.93. The molecule has 0 radical (unpaired) electrons. The Hall–Kier alpha value is -2.38. The summed E-state index contributed by atoms with van der Waals surface area (Å²) in [5.41, 5.74) is 2.20. The third-order valence-corrected chi connectivity index (χ3v) is 4.53. The van der Waals surface area contributed by atoms with Crippen molar-refractivity contribution < 1.29 is 14.3 Å². The van der Waals surface area contributed by atoms with Crippen LogP contribution in [0.15, 0.2) is 36.7 Å². The Morgan fingerprint density at radius 2 is 2.12 bits per heavy atom. The summed E-state index contributed by atoms with van der Waals surface area (Å²) >= 11 is 0. The minimum Gasteiger partial charge on any atom is -0.491 e. The molecule has 0 spiro atoms. The van der Waals surface area contributed by atoms with E-state index < -0.39 is 0 Å². The Morgan fingerprint density at radius 1 is 1.31 bits per heavy atom. The highest BCUT2D eigenvalue weighted by molar-refractivity contribution is 5.77.